The number of rotatable bonds is 3. The van der Waals surface area contributed by atoms with E-state index < -0.39 is 0 Å². The first-order valence-electron chi connectivity index (χ1n) is 5.34. The smallest absolute Gasteiger partial charge is 0.123 e. The van der Waals surface area contributed by atoms with Gasteiger partial charge in [0.1, 0.15) is 5.82 Å². The van der Waals surface area contributed by atoms with Gasteiger partial charge in [-0.05, 0) is 41.8 Å². The van der Waals surface area contributed by atoms with Gasteiger partial charge in [0.2, 0.25) is 0 Å². The van der Waals surface area contributed by atoms with Gasteiger partial charge in [-0.3, -0.25) is 10.8 Å². The number of aryl methyl sites for hydroxylation is 1. The lowest BCUT2D eigenvalue weighted by molar-refractivity contribution is 0.603. The summed E-state index contributed by atoms with van der Waals surface area (Å²) in [7, 11) is 0. The molecule has 0 radical (unpaired) electrons. The molecule has 4 heteroatoms. The molecule has 3 N–H and O–H groups in total. The molecule has 1 heterocycles. The lowest BCUT2D eigenvalue weighted by Gasteiger charge is -2.17. The van der Waals surface area contributed by atoms with E-state index in [0.29, 0.717) is 0 Å². The van der Waals surface area contributed by atoms with Crippen molar-refractivity contribution in [2.45, 2.75) is 13.0 Å². The number of hydrazine groups is 1. The third kappa shape index (κ3) is 2.67. The lowest BCUT2D eigenvalue weighted by Crippen LogP contribution is -2.29. The Bertz CT molecular complexity index is 479. The predicted molar refractivity (Wildman–Crippen MR) is 64.5 cm³/mol. The molecule has 1 aromatic carbocycles. The maximum atomic E-state index is 13.4. The van der Waals surface area contributed by atoms with Crippen LogP contribution in [0.25, 0.3) is 0 Å². The molecule has 1 unspecified atom stereocenters. The highest BCUT2D eigenvalue weighted by atomic mass is 19.1. The van der Waals surface area contributed by atoms with Gasteiger partial charge in [0.15, 0.2) is 0 Å². The van der Waals surface area contributed by atoms with Gasteiger partial charge in [0.05, 0.1) is 6.04 Å². The topological polar surface area (TPSA) is 50.9 Å². The first kappa shape index (κ1) is 11.7. The summed E-state index contributed by atoms with van der Waals surface area (Å²) < 4.78 is 13.4. The van der Waals surface area contributed by atoms with E-state index in [-0.39, 0.29) is 11.9 Å². The molecule has 0 bridgehead atoms. The van der Waals surface area contributed by atoms with E-state index in [2.05, 4.69) is 10.4 Å². The number of pyridine rings is 1. The summed E-state index contributed by atoms with van der Waals surface area (Å²) in [4.78, 5) is 4.03. The molecule has 0 aliphatic carbocycles. The van der Waals surface area contributed by atoms with E-state index in [1.54, 1.807) is 12.4 Å². The van der Waals surface area contributed by atoms with Crippen molar-refractivity contribution in [1.82, 2.24) is 10.4 Å². The molecule has 17 heavy (non-hydrogen) atoms. The van der Waals surface area contributed by atoms with Crippen LogP contribution in [0, 0.1) is 12.7 Å². The Kier molecular flexibility index (Phi) is 3.46. The van der Waals surface area contributed by atoms with Crippen molar-refractivity contribution < 1.29 is 4.39 Å². The average Bonchev–Trinajstić information content (AvgIpc) is 2.30. The van der Waals surface area contributed by atoms with E-state index in [4.69, 9.17) is 5.84 Å². The second-order valence-corrected chi connectivity index (χ2v) is 3.95. The summed E-state index contributed by atoms with van der Waals surface area (Å²) in [6, 6.07) is 8.34. The number of benzene rings is 1. The fourth-order valence-electron chi connectivity index (χ4n) is 1.86. The summed E-state index contributed by atoms with van der Waals surface area (Å²) in [5.41, 5.74) is 5.24. The molecule has 2 aromatic rings. The Balaban J connectivity index is 2.42. The summed E-state index contributed by atoms with van der Waals surface area (Å²) in [5, 5.41) is 0. The van der Waals surface area contributed by atoms with Crippen LogP contribution in [0.1, 0.15) is 22.7 Å². The van der Waals surface area contributed by atoms with E-state index in [0.717, 1.165) is 16.7 Å². The van der Waals surface area contributed by atoms with Crippen LogP contribution in [-0.2, 0) is 0 Å². The molecular weight excluding hydrogens is 217 g/mol. The number of hydrogen-bond donors (Lipinski definition) is 2. The molecule has 0 amide bonds. The van der Waals surface area contributed by atoms with Crippen molar-refractivity contribution in [3.63, 3.8) is 0 Å². The molecule has 1 atom stereocenters. The van der Waals surface area contributed by atoms with E-state index in [9.17, 15) is 4.39 Å². The van der Waals surface area contributed by atoms with Crippen molar-refractivity contribution in [1.29, 1.82) is 0 Å². The Morgan fingerprint density at radius 3 is 2.71 bits per heavy atom. The highest BCUT2D eigenvalue weighted by Crippen LogP contribution is 2.22. The van der Waals surface area contributed by atoms with Gasteiger partial charge in [-0.25, -0.2) is 9.82 Å². The number of nitrogens with two attached hydrogens (primary N) is 1. The summed E-state index contributed by atoms with van der Waals surface area (Å²) in [6.07, 6.45) is 3.40. The van der Waals surface area contributed by atoms with Crippen molar-refractivity contribution in [2.24, 2.45) is 5.84 Å². The minimum absolute atomic E-state index is 0.252. The van der Waals surface area contributed by atoms with E-state index in [1.165, 1.54) is 12.1 Å². The molecule has 0 aliphatic rings. The first-order valence-corrected chi connectivity index (χ1v) is 5.34. The molecular formula is C13H14FN3. The van der Waals surface area contributed by atoms with Crippen LogP contribution >= 0.6 is 0 Å². The van der Waals surface area contributed by atoms with Crippen molar-refractivity contribution >= 4 is 0 Å². The number of halogens is 1. The predicted octanol–water partition coefficient (Wildman–Crippen LogP) is 2.08. The van der Waals surface area contributed by atoms with Crippen LogP contribution in [0.2, 0.25) is 0 Å². The quantitative estimate of drug-likeness (QED) is 0.628. The molecule has 1 aromatic heterocycles. The molecule has 0 saturated carbocycles. The van der Waals surface area contributed by atoms with E-state index in [1.807, 2.05) is 25.1 Å². The summed E-state index contributed by atoms with van der Waals surface area (Å²) in [5.74, 6) is 5.28. The molecule has 0 fully saturated rings. The molecule has 0 aliphatic heterocycles. The largest absolute Gasteiger partial charge is 0.271 e. The highest BCUT2D eigenvalue weighted by Gasteiger charge is 2.13. The second-order valence-electron chi connectivity index (χ2n) is 3.95. The van der Waals surface area contributed by atoms with Gasteiger partial charge >= 0.3 is 0 Å². The van der Waals surface area contributed by atoms with Gasteiger partial charge in [-0.1, -0.05) is 12.1 Å². The van der Waals surface area contributed by atoms with Crippen LogP contribution in [0.4, 0.5) is 4.39 Å². The van der Waals surface area contributed by atoms with E-state index >= 15 is 0 Å². The fourth-order valence-corrected chi connectivity index (χ4v) is 1.86. The third-order valence-electron chi connectivity index (χ3n) is 2.58. The van der Waals surface area contributed by atoms with Gasteiger partial charge in [-0.2, -0.15) is 0 Å². The number of aromatic nitrogens is 1. The Hall–Kier alpha value is -1.78. The zero-order valence-corrected chi connectivity index (χ0v) is 9.52. The van der Waals surface area contributed by atoms with Crippen molar-refractivity contribution in [3.05, 3.63) is 65.2 Å². The number of nitrogens with zero attached hydrogens (tertiary/aromatic N) is 1. The Morgan fingerprint density at radius 2 is 2.12 bits per heavy atom. The summed E-state index contributed by atoms with van der Waals surface area (Å²) >= 11 is 0. The summed E-state index contributed by atoms with van der Waals surface area (Å²) in [6.45, 7) is 1.85. The second kappa shape index (κ2) is 5.03. The first-order chi connectivity index (χ1) is 8.20. The van der Waals surface area contributed by atoms with Gasteiger partial charge in [0.25, 0.3) is 0 Å². The molecule has 88 valence electrons. The SMILES string of the molecule is Cc1cc(F)cc(C(NN)c2cccnc2)c1. The van der Waals surface area contributed by atoms with Crippen LogP contribution in [0.15, 0.2) is 42.7 Å². The fraction of sp³-hybridized carbons (Fsp3) is 0.154. The van der Waals surface area contributed by atoms with Crippen molar-refractivity contribution in [2.75, 3.05) is 0 Å². The zero-order chi connectivity index (χ0) is 12.3. The molecule has 0 spiro atoms. The molecule has 2 rings (SSSR count). The van der Waals surface area contributed by atoms with Crippen LogP contribution < -0.4 is 11.3 Å². The van der Waals surface area contributed by atoms with Crippen LogP contribution in [0.3, 0.4) is 0 Å². The van der Waals surface area contributed by atoms with Gasteiger partial charge in [0, 0.05) is 12.4 Å². The maximum Gasteiger partial charge on any atom is 0.123 e. The highest BCUT2D eigenvalue weighted by molar-refractivity contribution is 5.33. The van der Waals surface area contributed by atoms with Crippen molar-refractivity contribution in [3.8, 4) is 0 Å². The standard InChI is InChI=1S/C13H14FN3/c1-9-5-11(7-12(14)6-9)13(17-15)10-3-2-4-16-8-10/h2-8,13,17H,15H2,1H3. The number of nitrogens with one attached hydrogen (secondary N) is 1. The molecule has 3 nitrogen and oxygen atoms in total. The monoisotopic (exact) mass is 231 g/mol. The lowest BCUT2D eigenvalue weighted by atomic mass is 9.99. The minimum Gasteiger partial charge on any atom is -0.271 e. The molecule has 0 saturated heterocycles. The maximum absolute atomic E-state index is 13.4. The number of hydrogen-bond acceptors (Lipinski definition) is 3. The average molecular weight is 231 g/mol. The third-order valence-corrected chi connectivity index (χ3v) is 2.58. The van der Waals surface area contributed by atoms with Gasteiger partial charge in [-0.15, -0.1) is 0 Å². The van der Waals surface area contributed by atoms with Crippen LogP contribution in [-0.4, -0.2) is 4.98 Å². The minimum atomic E-state index is -0.260. The van der Waals surface area contributed by atoms with Gasteiger partial charge < -0.3 is 0 Å². The zero-order valence-electron chi connectivity index (χ0n) is 9.52. The Morgan fingerprint density at radius 1 is 1.29 bits per heavy atom. The van der Waals surface area contributed by atoms with Crippen LogP contribution in [0.5, 0.6) is 0 Å². The Labute approximate surface area is 99.5 Å². The normalized spacial score (nSPS) is 12.4.